The van der Waals surface area contributed by atoms with Crippen molar-refractivity contribution in [2.75, 3.05) is 12.0 Å². The van der Waals surface area contributed by atoms with Crippen LogP contribution in [0.3, 0.4) is 0 Å². The molecule has 0 aliphatic heterocycles. The van der Waals surface area contributed by atoms with Crippen molar-refractivity contribution >= 4 is 22.8 Å². The molecule has 0 amide bonds. The summed E-state index contributed by atoms with van der Waals surface area (Å²) in [5.41, 5.74) is 8.09. The molecule has 0 unspecified atom stereocenters. The fraction of sp³-hybridized carbons (Fsp3) is 0.364. The van der Waals surface area contributed by atoms with Crippen LogP contribution < -0.4 is 5.73 Å². The number of hydrogen-bond acceptors (Lipinski definition) is 3. The number of nitrogens with zero attached hydrogens (tertiary/aromatic N) is 1. The fourth-order valence-electron chi connectivity index (χ4n) is 1.53. The van der Waals surface area contributed by atoms with Crippen molar-refractivity contribution in [2.24, 2.45) is 5.73 Å². The predicted octanol–water partition coefficient (Wildman–Crippen LogP) is 2.32. The Bertz CT molecular complexity index is 405. The number of nitrogens with one attached hydrogen (secondary N) is 1. The molecule has 0 fully saturated rings. The summed E-state index contributed by atoms with van der Waals surface area (Å²) >= 11 is 1.81. The van der Waals surface area contributed by atoms with E-state index in [4.69, 9.17) is 5.73 Å². The Morgan fingerprint density at radius 2 is 2.27 bits per heavy atom. The van der Waals surface area contributed by atoms with Crippen LogP contribution in [-0.4, -0.2) is 22.0 Å². The van der Waals surface area contributed by atoms with Crippen molar-refractivity contribution in [3.8, 4) is 0 Å². The summed E-state index contributed by atoms with van der Waals surface area (Å²) in [6, 6.07) is 8.02. The Morgan fingerprint density at radius 1 is 1.47 bits per heavy atom. The van der Waals surface area contributed by atoms with Gasteiger partial charge in [0, 0.05) is 0 Å². The first-order valence-electron chi connectivity index (χ1n) is 5.00. The highest BCUT2D eigenvalue weighted by Crippen LogP contribution is 2.17. The maximum absolute atomic E-state index is 6.04. The van der Waals surface area contributed by atoms with E-state index in [0.29, 0.717) is 0 Å². The first-order valence-corrected chi connectivity index (χ1v) is 6.40. The molecular formula is C11H15N3S. The lowest BCUT2D eigenvalue weighted by atomic mass is 10.2. The second kappa shape index (κ2) is 4.68. The van der Waals surface area contributed by atoms with Gasteiger partial charge in [-0.1, -0.05) is 12.1 Å². The number of para-hydroxylation sites is 2. The van der Waals surface area contributed by atoms with Gasteiger partial charge >= 0.3 is 0 Å². The molecule has 0 radical (unpaired) electrons. The average molecular weight is 221 g/mol. The number of benzene rings is 1. The summed E-state index contributed by atoms with van der Waals surface area (Å²) in [4.78, 5) is 7.73. The largest absolute Gasteiger partial charge is 0.341 e. The first-order chi connectivity index (χ1) is 7.31. The van der Waals surface area contributed by atoms with Crippen LogP contribution in [0.15, 0.2) is 24.3 Å². The molecule has 4 heteroatoms. The Morgan fingerprint density at radius 3 is 3.00 bits per heavy atom. The maximum Gasteiger partial charge on any atom is 0.124 e. The molecule has 3 nitrogen and oxygen atoms in total. The highest BCUT2D eigenvalue weighted by molar-refractivity contribution is 7.98. The summed E-state index contributed by atoms with van der Waals surface area (Å²) in [5.74, 6) is 1.96. The Hall–Kier alpha value is -1.00. The topological polar surface area (TPSA) is 54.7 Å². The number of nitrogens with two attached hydrogens (primary N) is 1. The van der Waals surface area contributed by atoms with Crippen molar-refractivity contribution in [3.63, 3.8) is 0 Å². The van der Waals surface area contributed by atoms with Gasteiger partial charge in [0.15, 0.2) is 0 Å². The lowest BCUT2D eigenvalue weighted by Gasteiger charge is -2.06. The van der Waals surface area contributed by atoms with Crippen LogP contribution in [0.2, 0.25) is 0 Å². The van der Waals surface area contributed by atoms with Gasteiger partial charge in [-0.05, 0) is 30.6 Å². The number of thioether (sulfide) groups is 1. The van der Waals surface area contributed by atoms with E-state index in [2.05, 4.69) is 16.2 Å². The minimum Gasteiger partial charge on any atom is -0.341 e. The third-order valence-electron chi connectivity index (χ3n) is 2.39. The fourth-order valence-corrected chi connectivity index (χ4v) is 2.02. The summed E-state index contributed by atoms with van der Waals surface area (Å²) < 4.78 is 0. The number of hydrogen-bond donors (Lipinski definition) is 2. The normalized spacial score (nSPS) is 13.2. The monoisotopic (exact) mass is 221 g/mol. The smallest absolute Gasteiger partial charge is 0.124 e. The van der Waals surface area contributed by atoms with Gasteiger partial charge in [0.1, 0.15) is 5.82 Å². The number of H-pyrrole nitrogens is 1. The number of aromatic amines is 1. The van der Waals surface area contributed by atoms with Crippen molar-refractivity contribution in [1.29, 1.82) is 0 Å². The lowest BCUT2D eigenvalue weighted by molar-refractivity contribution is 0.666. The highest BCUT2D eigenvalue weighted by atomic mass is 32.2. The molecule has 15 heavy (non-hydrogen) atoms. The van der Waals surface area contributed by atoms with Gasteiger partial charge in [-0.15, -0.1) is 0 Å². The van der Waals surface area contributed by atoms with E-state index in [9.17, 15) is 0 Å². The van der Waals surface area contributed by atoms with Gasteiger partial charge in [0.2, 0.25) is 0 Å². The maximum atomic E-state index is 6.04. The molecule has 0 bridgehead atoms. The summed E-state index contributed by atoms with van der Waals surface area (Å²) in [5, 5.41) is 0. The van der Waals surface area contributed by atoms with E-state index in [1.165, 1.54) is 0 Å². The molecule has 0 aliphatic carbocycles. The van der Waals surface area contributed by atoms with Crippen LogP contribution in [0.25, 0.3) is 11.0 Å². The van der Waals surface area contributed by atoms with Gasteiger partial charge in [-0.3, -0.25) is 0 Å². The first kappa shape index (κ1) is 10.5. The van der Waals surface area contributed by atoms with Crippen molar-refractivity contribution < 1.29 is 0 Å². The number of imidazole rings is 1. The third-order valence-corrected chi connectivity index (χ3v) is 3.04. The van der Waals surface area contributed by atoms with E-state index in [-0.39, 0.29) is 6.04 Å². The van der Waals surface area contributed by atoms with Gasteiger partial charge in [0.25, 0.3) is 0 Å². The Balaban J connectivity index is 2.20. The second-order valence-electron chi connectivity index (χ2n) is 3.53. The quantitative estimate of drug-likeness (QED) is 0.833. The third kappa shape index (κ3) is 2.33. The summed E-state index contributed by atoms with van der Waals surface area (Å²) in [7, 11) is 0. The van der Waals surface area contributed by atoms with Gasteiger partial charge < -0.3 is 10.7 Å². The Kier molecular flexibility index (Phi) is 3.28. The SMILES string of the molecule is CSCC[C@@H](N)c1nc2ccccc2[nH]1. The van der Waals surface area contributed by atoms with Crippen LogP contribution in [0, 0.1) is 0 Å². The lowest BCUT2D eigenvalue weighted by Crippen LogP contribution is -2.12. The van der Waals surface area contributed by atoms with Crippen LogP contribution >= 0.6 is 11.8 Å². The average Bonchev–Trinajstić information content (AvgIpc) is 2.69. The minimum absolute atomic E-state index is 0.0184. The zero-order valence-corrected chi connectivity index (χ0v) is 9.55. The molecule has 3 N–H and O–H groups in total. The standard InChI is InChI=1S/C11H15N3S/c1-15-7-6-8(12)11-13-9-4-2-3-5-10(9)14-11/h2-5,8H,6-7,12H2,1H3,(H,13,14)/t8-/m1/s1. The van der Waals surface area contributed by atoms with Gasteiger partial charge in [-0.2, -0.15) is 11.8 Å². The number of fused-ring (bicyclic) bond motifs is 1. The van der Waals surface area contributed by atoms with Crippen LogP contribution in [0.5, 0.6) is 0 Å². The molecule has 0 saturated carbocycles. The van der Waals surface area contributed by atoms with E-state index in [0.717, 1.165) is 29.0 Å². The molecule has 1 aromatic carbocycles. The van der Waals surface area contributed by atoms with E-state index >= 15 is 0 Å². The van der Waals surface area contributed by atoms with Crippen molar-refractivity contribution in [1.82, 2.24) is 9.97 Å². The molecule has 2 rings (SSSR count). The van der Waals surface area contributed by atoms with E-state index < -0.39 is 0 Å². The van der Waals surface area contributed by atoms with Crippen LogP contribution in [-0.2, 0) is 0 Å². The second-order valence-corrected chi connectivity index (χ2v) is 4.51. The molecule has 0 aliphatic rings. The number of aromatic nitrogens is 2. The molecule has 1 aromatic heterocycles. The molecule has 0 spiro atoms. The van der Waals surface area contributed by atoms with Crippen LogP contribution in [0.4, 0.5) is 0 Å². The minimum atomic E-state index is 0.0184. The van der Waals surface area contributed by atoms with Gasteiger partial charge in [0.05, 0.1) is 17.1 Å². The molecule has 2 aromatic rings. The molecular weight excluding hydrogens is 206 g/mol. The highest BCUT2D eigenvalue weighted by Gasteiger charge is 2.10. The van der Waals surface area contributed by atoms with Crippen molar-refractivity contribution in [2.45, 2.75) is 12.5 Å². The van der Waals surface area contributed by atoms with E-state index in [1.807, 2.05) is 36.0 Å². The van der Waals surface area contributed by atoms with E-state index in [1.54, 1.807) is 0 Å². The molecule has 0 saturated heterocycles. The van der Waals surface area contributed by atoms with Crippen molar-refractivity contribution in [3.05, 3.63) is 30.1 Å². The summed E-state index contributed by atoms with van der Waals surface area (Å²) in [6.07, 6.45) is 3.05. The molecule has 80 valence electrons. The molecule has 1 heterocycles. The zero-order valence-electron chi connectivity index (χ0n) is 8.73. The zero-order chi connectivity index (χ0) is 10.7. The Labute approximate surface area is 93.5 Å². The predicted molar refractivity (Wildman–Crippen MR) is 66.0 cm³/mol. The van der Waals surface area contributed by atoms with Gasteiger partial charge in [-0.25, -0.2) is 4.98 Å². The van der Waals surface area contributed by atoms with Crippen LogP contribution in [0.1, 0.15) is 18.3 Å². The summed E-state index contributed by atoms with van der Waals surface area (Å²) in [6.45, 7) is 0. The number of rotatable bonds is 4. The molecule has 1 atom stereocenters.